The second kappa shape index (κ2) is 8.76. The Balaban J connectivity index is 2.22. The Kier molecular flexibility index (Phi) is 6.42. The summed E-state index contributed by atoms with van der Waals surface area (Å²) in [4.78, 5) is 32.6. The molecular formula is C18H22N4O2. The van der Waals surface area contributed by atoms with E-state index >= 15 is 0 Å². The summed E-state index contributed by atoms with van der Waals surface area (Å²) in [5.41, 5.74) is 2.17. The van der Waals surface area contributed by atoms with Gasteiger partial charge in [-0.25, -0.2) is 0 Å². The van der Waals surface area contributed by atoms with E-state index in [4.69, 9.17) is 0 Å². The molecule has 0 aliphatic heterocycles. The maximum atomic E-state index is 12.1. The van der Waals surface area contributed by atoms with Crippen LogP contribution in [0, 0.1) is 0 Å². The van der Waals surface area contributed by atoms with Crippen LogP contribution >= 0.6 is 0 Å². The average molecular weight is 326 g/mol. The van der Waals surface area contributed by atoms with Gasteiger partial charge in [0.05, 0.1) is 11.4 Å². The molecule has 2 aromatic rings. The lowest BCUT2D eigenvalue weighted by molar-refractivity contribution is 0.0945. The van der Waals surface area contributed by atoms with Crippen molar-refractivity contribution in [2.75, 3.05) is 13.1 Å². The molecule has 0 bridgehead atoms. The van der Waals surface area contributed by atoms with Crippen molar-refractivity contribution >= 4 is 11.8 Å². The van der Waals surface area contributed by atoms with E-state index in [-0.39, 0.29) is 11.8 Å². The summed E-state index contributed by atoms with van der Waals surface area (Å²) in [6.07, 6.45) is 4.89. The van der Waals surface area contributed by atoms with Crippen molar-refractivity contribution in [2.24, 2.45) is 0 Å². The zero-order valence-electron chi connectivity index (χ0n) is 14.0. The number of amides is 2. The van der Waals surface area contributed by atoms with Crippen molar-refractivity contribution in [1.29, 1.82) is 0 Å². The molecule has 0 unspecified atom stereocenters. The van der Waals surface area contributed by atoms with E-state index in [0.29, 0.717) is 35.6 Å². The third kappa shape index (κ3) is 4.62. The van der Waals surface area contributed by atoms with E-state index < -0.39 is 0 Å². The fourth-order valence-electron chi connectivity index (χ4n) is 2.10. The molecule has 2 aromatic heterocycles. The molecule has 2 rings (SSSR count). The molecule has 6 nitrogen and oxygen atoms in total. The monoisotopic (exact) mass is 326 g/mol. The molecule has 2 N–H and O–H groups in total. The fourth-order valence-corrected chi connectivity index (χ4v) is 2.10. The highest BCUT2D eigenvalue weighted by molar-refractivity contribution is 5.96. The van der Waals surface area contributed by atoms with Gasteiger partial charge in [0, 0.05) is 36.6 Å². The van der Waals surface area contributed by atoms with Crippen LogP contribution in [-0.4, -0.2) is 34.9 Å². The minimum absolute atomic E-state index is 0.141. The number of nitrogens with one attached hydrogen (secondary N) is 2. The summed E-state index contributed by atoms with van der Waals surface area (Å²) < 4.78 is 0. The summed E-state index contributed by atoms with van der Waals surface area (Å²) >= 11 is 0. The number of carbonyl (C=O) groups is 2. The second-order valence-corrected chi connectivity index (χ2v) is 5.37. The predicted octanol–water partition coefficient (Wildman–Crippen LogP) is 2.42. The number of hydrogen-bond acceptors (Lipinski definition) is 4. The standard InChI is InChI=1S/C18H22N4O2/c1-3-7-21-17(23)13-5-9-19-15(11-13)16-12-14(6-10-20-16)18(24)22-8-4-2/h5-6,9-12H,3-4,7-8H2,1-2H3,(H,21,23)(H,22,24). The number of aromatic nitrogens is 2. The lowest BCUT2D eigenvalue weighted by atomic mass is 10.1. The number of pyridine rings is 2. The lowest BCUT2D eigenvalue weighted by Crippen LogP contribution is -2.24. The van der Waals surface area contributed by atoms with Crippen molar-refractivity contribution in [1.82, 2.24) is 20.6 Å². The van der Waals surface area contributed by atoms with Gasteiger partial charge in [0.2, 0.25) is 0 Å². The molecule has 0 fully saturated rings. The third-order valence-electron chi connectivity index (χ3n) is 3.38. The SMILES string of the molecule is CCCNC(=O)c1ccnc(-c2cc(C(=O)NCCC)ccn2)c1. The van der Waals surface area contributed by atoms with Crippen LogP contribution in [0.3, 0.4) is 0 Å². The van der Waals surface area contributed by atoms with Crippen molar-refractivity contribution in [2.45, 2.75) is 26.7 Å². The summed E-state index contributed by atoms with van der Waals surface area (Å²) in [5, 5.41) is 5.66. The fraction of sp³-hybridized carbons (Fsp3) is 0.333. The minimum Gasteiger partial charge on any atom is -0.352 e. The molecule has 2 heterocycles. The van der Waals surface area contributed by atoms with E-state index in [0.717, 1.165) is 12.8 Å². The minimum atomic E-state index is -0.141. The Bertz CT molecular complexity index is 654. The zero-order valence-corrected chi connectivity index (χ0v) is 14.0. The first-order valence-electron chi connectivity index (χ1n) is 8.14. The molecule has 0 radical (unpaired) electrons. The average Bonchev–Trinajstić information content (AvgIpc) is 2.64. The van der Waals surface area contributed by atoms with Crippen molar-refractivity contribution < 1.29 is 9.59 Å². The van der Waals surface area contributed by atoms with Gasteiger partial charge in [0.25, 0.3) is 11.8 Å². The number of rotatable bonds is 7. The van der Waals surface area contributed by atoms with Crippen molar-refractivity contribution in [3.8, 4) is 11.4 Å². The van der Waals surface area contributed by atoms with E-state index in [1.54, 1.807) is 36.7 Å². The largest absolute Gasteiger partial charge is 0.352 e. The van der Waals surface area contributed by atoms with Gasteiger partial charge < -0.3 is 10.6 Å². The highest BCUT2D eigenvalue weighted by Crippen LogP contribution is 2.17. The summed E-state index contributed by atoms with van der Waals surface area (Å²) in [7, 11) is 0. The molecule has 0 saturated heterocycles. The molecule has 0 saturated carbocycles. The first-order chi connectivity index (χ1) is 11.7. The molecule has 0 spiro atoms. The zero-order chi connectivity index (χ0) is 17.4. The van der Waals surface area contributed by atoms with Gasteiger partial charge in [0.1, 0.15) is 0 Å². The molecule has 0 atom stereocenters. The van der Waals surface area contributed by atoms with Crippen LogP contribution < -0.4 is 10.6 Å². The van der Waals surface area contributed by atoms with Gasteiger partial charge in [0.15, 0.2) is 0 Å². The molecule has 6 heteroatoms. The Morgan fingerprint density at radius 1 is 0.833 bits per heavy atom. The first kappa shape index (κ1) is 17.6. The predicted molar refractivity (Wildman–Crippen MR) is 92.7 cm³/mol. The Labute approximate surface area is 141 Å². The lowest BCUT2D eigenvalue weighted by Gasteiger charge is -2.07. The topological polar surface area (TPSA) is 84.0 Å². The molecule has 0 aliphatic carbocycles. The number of nitrogens with zero attached hydrogens (tertiary/aromatic N) is 2. The maximum absolute atomic E-state index is 12.1. The normalized spacial score (nSPS) is 10.2. The molecule has 0 aliphatic rings. The van der Waals surface area contributed by atoms with Crippen LogP contribution in [0.5, 0.6) is 0 Å². The molecule has 2 amide bonds. The van der Waals surface area contributed by atoms with Crippen LogP contribution in [0.2, 0.25) is 0 Å². The number of hydrogen-bond donors (Lipinski definition) is 2. The van der Waals surface area contributed by atoms with E-state index in [2.05, 4.69) is 20.6 Å². The Hall–Kier alpha value is -2.76. The van der Waals surface area contributed by atoms with Gasteiger partial charge >= 0.3 is 0 Å². The van der Waals surface area contributed by atoms with Gasteiger partial charge in [-0.2, -0.15) is 0 Å². The van der Waals surface area contributed by atoms with Gasteiger partial charge in [-0.3, -0.25) is 19.6 Å². The van der Waals surface area contributed by atoms with Crippen LogP contribution in [0.25, 0.3) is 11.4 Å². The maximum Gasteiger partial charge on any atom is 0.251 e. The van der Waals surface area contributed by atoms with Gasteiger partial charge in [-0.15, -0.1) is 0 Å². The van der Waals surface area contributed by atoms with E-state index in [9.17, 15) is 9.59 Å². The highest BCUT2D eigenvalue weighted by Gasteiger charge is 2.11. The van der Waals surface area contributed by atoms with E-state index in [1.807, 2.05) is 13.8 Å². The van der Waals surface area contributed by atoms with Gasteiger partial charge in [-0.1, -0.05) is 13.8 Å². The molecule has 24 heavy (non-hydrogen) atoms. The molecular weight excluding hydrogens is 304 g/mol. The van der Waals surface area contributed by atoms with Crippen LogP contribution in [-0.2, 0) is 0 Å². The van der Waals surface area contributed by atoms with Gasteiger partial charge in [-0.05, 0) is 37.1 Å². The second-order valence-electron chi connectivity index (χ2n) is 5.37. The van der Waals surface area contributed by atoms with Crippen LogP contribution in [0.1, 0.15) is 47.4 Å². The first-order valence-corrected chi connectivity index (χ1v) is 8.14. The third-order valence-corrected chi connectivity index (χ3v) is 3.38. The van der Waals surface area contributed by atoms with Crippen LogP contribution in [0.4, 0.5) is 0 Å². The Morgan fingerprint density at radius 2 is 1.25 bits per heavy atom. The molecule has 126 valence electrons. The quantitative estimate of drug-likeness (QED) is 0.818. The van der Waals surface area contributed by atoms with Crippen molar-refractivity contribution in [3.05, 3.63) is 47.8 Å². The summed E-state index contributed by atoms with van der Waals surface area (Å²) in [5.74, 6) is -0.283. The number of carbonyl (C=O) groups excluding carboxylic acids is 2. The van der Waals surface area contributed by atoms with Crippen LogP contribution in [0.15, 0.2) is 36.7 Å². The van der Waals surface area contributed by atoms with Crippen molar-refractivity contribution in [3.63, 3.8) is 0 Å². The summed E-state index contributed by atoms with van der Waals surface area (Å²) in [6.45, 7) is 5.25. The smallest absolute Gasteiger partial charge is 0.251 e. The molecule has 0 aromatic carbocycles. The van der Waals surface area contributed by atoms with E-state index in [1.165, 1.54) is 0 Å². The Morgan fingerprint density at radius 3 is 1.62 bits per heavy atom. The highest BCUT2D eigenvalue weighted by atomic mass is 16.2. The summed E-state index contributed by atoms with van der Waals surface area (Å²) in [6, 6.07) is 6.68.